The first-order valence-corrected chi connectivity index (χ1v) is 22.6. The minimum Gasteiger partial charge on any atom is -0.444 e. The molecule has 1 aromatic rings. The van der Waals surface area contributed by atoms with Crippen LogP contribution in [-0.4, -0.2) is 73.3 Å². The second-order valence-electron chi connectivity index (χ2n) is 15.3. The molecule has 0 aromatic heterocycles. The zero-order valence-corrected chi connectivity index (χ0v) is 31.6. The number of benzene rings is 1. The third kappa shape index (κ3) is 13.2. The van der Waals surface area contributed by atoms with Crippen LogP contribution in [0.4, 0.5) is 4.79 Å². The summed E-state index contributed by atoms with van der Waals surface area (Å²) in [6.45, 7) is 28.1. The number of carbonyl (C=O) groups is 1. The van der Waals surface area contributed by atoms with Gasteiger partial charge in [0.2, 0.25) is 0 Å². The van der Waals surface area contributed by atoms with Gasteiger partial charge in [0.15, 0.2) is 16.6 Å². The zero-order valence-electron chi connectivity index (χ0n) is 28.8. The van der Waals surface area contributed by atoms with E-state index in [1.54, 1.807) is 4.90 Å². The van der Waals surface area contributed by atoms with Gasteiger partial charge in [0.1, 0.15) is 5.60 Å². The number of rotatable bonds is 14. The molecule has 0 aliphatic heterocycles. The summed E-state index contributed by atoms with van der Waals surface area (Å²) < 4.78 is 48.3. The fraction of sp³-hybridized carbons (Fsp3) is 0.774. The van der Waals surface area contributed by atoms with Crippen LogP contribution in [0.25, 0.3) is 0 Å². The Labute approximate surface area is 259 Å². The second kappa shape index (κ2) is 14.7. The van der Waals surface area contributed by atoms with E-state index in [0.717, 1.165) is 11.8 Å². The van der Waals surface area contributed by atoms with Crippen molar-refractivity contribution in [3.63, 3.8) is 0 Å². The van der Waals surface area contributed by atoms with Crippen LogP contribution in [-0.2, 0) is 34.4 Å². The summed E-state index contributed by atoms with van der Waals surface area (Å²) in [5.41, 5.74) is 0.267. The number of hydrogen-bond acceptors (Lipinski definition) is 7. The Kier molecular flexibility index (Phi) is 13.6. The third-order valence-corrected chi connectivity index (χ3v) is 17.9. The Bertz CT molecular complexity index is 1090. The van der Waals surface area contributed by atoms with Gasteiger partial charge >= 0.3 is 6.09 Å². The van der Waals surface area contributed by atoms with Crippen LogP contribution in [0.15, 0.2) is 30.3 Å². The molecule has 0 N–H and O–H groups in total. The van der Waals surface area contributed by atoms with Gasteiger partial charge in [-0.1, -0.05) is 71.9 Å². The number of amides is 1. The van der Waals surface area contributed by atoms with Crippen LogP contribution in [0.3, 0.4) is 0 Å². The predicted molar refractivity (Wildman–Crippen MR) is 177 cm³/mol. The molecule has 0 fully saturated rings. The van der Waals surface area contributed by atoms with Gasteiger partial charge in [0, 0.05) is 6.54 Å². The highest BCUT2D eigenvalue weighted by Crippen LogP contribution is 2.40. The van der Waals surface area contributed by atoms with Crippen molar-refractivity contribution in [3.05, 3.63) is 35.9 Å². The lowest BCUT2D eigenvalue weighted by Crippen LogP contribution is -2.57. The summed E-state index contributed by atoms with van der Waals surface area (Å²) in [7, 11) is -8.13. The molecular formula is C31H59NO7SSi2. The van der Waals surface area contributed by atoms with Crippen molar-refractivity contribution in [3.8, 4) is 0 Å². The summed E-state index contributed by atoms with van der Waals surface area (Å²) in [5, 5.41) is -0.123. The summed E-state index contributed by atoms with van der Waals surface area (Å²) >= 11 is 0. The molecule has 0 heterocycles. The van der Waals surface area contributed by atoms with Gasteiger partial charge < -0.3 is 13.6 Å². The van der Waals surface area contributed by atoms with Gasteiger partial charge in [-0.25, -0.2) is 4.79 Å². The fourth-order valence-electron chi connectivity index (χ4n) is 3.71. The Morgan fingerprint density at radius 3 is 1.86 bits per heavy atom. The first-order chi connectivity index (χ1) is 18.8. The highest BCUT2D eigenvalue weighted by Gasteiger charge is 2.45. The van der Waals surface area contributed by atoms with E-state index in [1.165, 1.54) is 0 Å². The average molecular weight is 646 g/mol. The quantitative estimate of drug-likeness (QED) is 0.115. The third-order valence-electron chi connectivity index (χ3n) is 8.26. The summed E-state index contributed by atoms with van der Waals surface area (Å²) in [6.07, 6.45) is 1.11. The normalized spacial score (nSPS) is 15.3. The molecule has 42 heavy (non-hydrogen) atoms. The van der Waals surface area contributed by atoms with Crippen molar-refractivity contribution in [2.24, 2.45) is 0 Å². The van der Waals surface area contributed by atoms with E-state index in [2.05, 4.69) is 67.7 Å². The number of carbonyl (C=O) groups excluding carboxylic acids is 1. The molecular weight excluding hydrogens is 587 g/mol. The molecule has 8 nitrogen and oxygen atoms in total. The van der Waals surface area contributed by atoms with E-state index >= 15 is 0 Å². The Hall–Kier alpha value is -1.25. The van der Waals surface area contributed by atoms with Crippen molar-refractivity contribution < 1.29 is 31.0 Å². The average Bonchev–Trinajstić information content (AvgIpc) is 2.78. The van der Waals surface area contributed by atoms with Gasteiger partial charge in [-0.15, -0.1) is 0 Å². The lowest BCUT2D eigenvalue weighted by atomic mass is 10.0. The summed E-state index contributed by atoms with van der Waals surface area (Å²) in [6, 6.07) is 9.36. The van der Waals surface area contributed by atoms with E-state index in [-0.39, 0.29) is 23.3 Å². The zero-order chi connectivity index (χ0) is 32.8. The van der Waals surface area contributed by atoms with E-state index in [9.17, 15) is 13.2 Å². The van der Waals surface area contributed by atoms with Gasteiger partial charge in [0.05, 0.1) is 31.6 Å². The Balaban J connectivity index is 3.71. The molecule has 244 valence electrons. The Morgan fingerprint density at radius 2 is 1.40 bits per heavy atom. The standard InChI is InChI=1S/C31H59NO7SSi2/c1-29(2,3)38-28(33)32(23-25-19-16-15-17-20-25)26(24-37-41(11,12)30(4,5)6)27(21-18-22-36-40(10,34)35)39-42(13,14)31(7,8)9/h15-17,19-20,26-27H,18,21-24H2,1-14H3/t26-,27+/m1/s1. The molecule has 0 saturated carbocycles. The minimum absolute atomic E-state index is 0.0349. The minimum atomic E-state index is -3.57. The number of hydrogen-bond donors (Lipinski definition) is 0. The molecule has 1 aromatic carbocycles. The van der Waals surface area contributed by atoms with Gasteiger partial charge in [-0.05, 0) is 75.4 Å². The molecule has 0 radical (unpaired) electrons. The van der Waals surface area contributed by atoms with Gasteiger partial charge in [0.25, 0.3) is 10.1 Å². The molecule has 1 rings (SSSR count). The van der Waals surface area contributed by atoms with Crippen LogP contribution in [0, 0.1) is 0 Å². The monoisotopic (exact) mass is 645 g/mol. The largest absolute Gasteiger partial charge is 0.444 e. The van der Waals surface area contributed by atoms with Crippen molar-refractivity contribution in [1.82, 2.24) is 4.90 Å². The molecule has 2 atom stereocenters. The van der Waals surface area contributed by atoms with E-state index in [4.69, 9.17) is 17.8 Å². The van der Waals surface area contributed by atoms with Crippen molar-refractivity contribution in [2.45, 2.75) is 136 Å². The molecule has 0 spiro atoms. The molecule has 0 aliphatic carbocycles. The molecule has 0 aliphatic rings. The van der Waals surface area contributed by atoms with Crippen molar-refractivity contribution >= 4 is 32.8 Å². The second-order valence-corrected chi connectivity index (χ2v) is 26.5. The maximum Gasteiger partial charge on any atom is 0.411 e. The van der Waals surface area contributed by atoms with Crippen LogP contribution in [0.1, 0.15) is 80.7 Å². The van der Waals surface area contributed by atoms with Crippen LogP contribution >= 0.6 is 0 Å². The fourth-order valence-corrected chi connectivity index (χ4v) is 6.53. The maximum absolute atomic E-state index is 14.0. The Morgan fingerprint density at radius 1 is 0.881 bits per heavy atom. The van der Waals surface area contributed by atoms with E-state index < -0.39 is 50.6 Å². The van der Waals surface area contributed by atoms with Crippen LogP contribution in [0.2, 0.25) is 36.3 Å². The van der Waals surface area contributed by atoms with Crippen molar-refractivity contribution in [1.29, 1.82) is 0 Å². The van der Waals surface area contributed by atoms with Crippen LogP contribution < -0.4 is 0 Å². The smallest absolute Gasteiger partial charge is 0.411 e. The van der Waals surface area contributed by atoms with E-state index in [1.807, 2.05) is 51.1 Å². The summed E-state index contributed by atoms with van der Waals surface area (Å²) in [4.78, 5) is 15.7. The van der Waals surface area contributed by atoms with E-state index in [0.29, 0.717) is 19.4 Å². The first kappa shape index (κ1) is 38.8. The molecule has 11 heteroatoms. The first-order valence-electron chi connectivity index (χ1n) is 15.0. The van der Waals surface area contributed by atoms with Gasteiger partial charge in [-0.2, -0.15) is 8.42 Å². The molecule has 1 amide bonds. The number of nitrogens with zero attached hydrogens (tertiary/aromatic N) is 1. The van der Waals surface area contributed by atoms with Gasteiger partial charge in [-0.3, -0.25) is 9.08 Å². The maximum atomic E-state index is 14.0. The highest BCUT2D eigenvalue weighted by molar-refractivity contribution is 7.85. The topological polar surface area (TPSA) is 91.4 Å². The molecule has 0 unspecified atom stereocenters. The molecule has 0 bridgehead atoms. The SMILES string of the molecule is CC(C)(C)OC(=O)N(Cc1ccccc1)[C@H](CO[Si](C)(C)C(C)(C)C)[C@H](CCCOS(C)(=O)=O)O[Si](C)(C)C(C)(C)C. The molecule has 0 saturated heterocycles. The summed E-state index contributed by atoms with van der Waals surface area (Å²) in [5.74, 6) is 0. The lowest BCUT2D eigenvalue weighted by Gasteiger charge is -2.46. The highest BCUT2D eigenvalue weighted by atomic mass is 32.2. The number of ether oxygens (including phenoxy) is 1. The lowest BCUT2D eigenvalue weighted by molar-refractivity contribution is -0.0201. The van der Waals surface area contributed by atoms with Crippen molar-refractivity contribution in [2.75, 3.05) is 19.5 Å². The predicted octanol–water partition coefficient (Wildman–Crippen LogP) is 7.96. The van der Waals surface area contributed by atoms with Crippen LogP contribution in [0.5, 0.6) is 0 Å².